The largest absolute Gasteiger partial charge is 0.439 e. The van der Waals surface area contributed by atoms with Crippen molar-refractivity contribution in [1.82, 2.24) is 9.97 Å². The Bertz CT molecular complexity index is 603. The number of aromatic nitrogens is 2. The van der Waals surface area contributed by atoms with Gasteiger partial charge in [-0.15, -0.1) is 0 Å². The number of hydrogen-bond donors (Lipinski definition) is 1. The summed E-state index contributed by atoms with van der Waals surface area (Å²) in [4.78, 5) is 9.00. The van der Waals surface area contributed by atoms with Crippen LogP contribution < -0.4 is 10.1 Å². The van der Waals surface area contributed by atoms with Gasteiger partial charge in [0.05, 0.1) is 0 Å². The molecule has 0 aliphatic heterocycles. The summed E-state index contributed by atoms with van der Waals surface area (Å²) in [5.74, 6) is 2.89. The van der Waals surface area contributed by atoms with Gasteiger partial charge < -0.3 is 10.1 Å². The fourth-order valence-corrected chi connectivity index (χ4v) is 1.72. The van der Waals surface area contributed by atoms with Crippen LogP contribution in [0.25, 0.3) is 0 Å². The molecule has 1 heterocycles. The minimum absolute atomic E-state index is 0.128. The summed E-state index contributed by atoms with van der Waals surface area (Å²) in [7, 11) is 1.84. The topological polar surface area (TPSA) is 47.0 Å². The van der Waals surface area contributed by atoms with Gasteiger partial charge in [-0.1, -0.05) is 39.0 Å². The predicted molar refractivity (Wildman–Crippen MR) is 81.5 cm³/mol. The Morgan fingerprint density at radius 1 is 1.10 bits per heavy atom. The third-order valence-electron chi connectivity index (χ3n) is 2.94. The molecule has 0 radical (unpaired) electrons. The zero-order chi connectivity index (χ0) is 14.8. The van der Waals surface area contributed by atoms with Crippen molar-refractivity contribution < 1.29 is 4.74 Å². The molecule has 0 unspecified atom stereocenters. The normalized spacial score (nSPS) is 11.2. The highest BCUT2D eigenvalue weighted by molar-refractivity contribution is 5.41. The van der Waals surface area contributed by atoms with E-state index in [2.05, 4.69) is 36.1 Å². The minimum atomic E-state index is -0.128. The van der Waals surface area contributed by atoms with Gasteiger partial charge in [0.25, 0.3) is 0 Å². The average molecular weight is 271 g/mol. The van der Waals surface area contributed by atoms with Gasteiger partial charge in [0, 0.05) is 18.5 Å². The van der Waals surface area contributed by atoms with Crippen molar-refractivity contribution in [3.8, 4) is 11.6 Å². The number of anilines is 1. The summed E-state index contributed by atoms with van der Waals surface area (Å²) in [5.41, 5.74) is 0.950. The van der Waals surface area contributed by atoms with Crippen molar-refractivity contribution in [3.05, 3.63) is 41.7 Å². The first-order valence-corrected chi connectivity index (χ1v) is 6.71. The lowest BCUT2D eigenvalue weighted by Crippen LogP contribution is -2.17. The Kier molecular flexibility index (Phi) is 3.93. The molecule has 0 aliphatic rings. The van der Waals surface area contributed by atoms with Crippen LogP contribution in [0.1, 0.15) is 32.2 Å². The van der Waals surface area contributed by atoms with E-state index in [1.807, 2.05) is 44.3 Å². The third-order valence-corrected chi connectivity index (χ3v) is 2.94. The first-order valence-electron chi connectivity index (χ1n) is 6.71. The molecule has 0 bridgehead atoms. The molecule has 4 heteroatoms. The van der Waals surface area contributed by atoms with Gasteiger partial charge in [-0.3, -0.25) is 0 Å². The molecule has 4 nitrogen and oxygen atoms in total. The highest BCUT2D eigenvalue weighted by Crippen LogP contribution is 2.27. The maximum absolute atomic E-state index is 5.90. The second-order valence-electron chi connectivity index (χ2n) is 5.78. The Hall–Kier alpha value is -2.10. The van der Waals surface area contributed by atoms with Gasteiger partial charge in [-0.2, -0.15) is 4.98 Å². The lowest BCUT2D eigenvalue weighted by Gasteiger charge is -2.18. The van der Waals surface area contributed by atoms with Crippen molar-refractivity contribution in [2.75, 3.05) is 12.4 Å². The molecule has 1 aromatic carbocycles. The van der Waals surface area contributed by atoms with E-state index < -0.39 is 0 Å². The lowest BCUT2D eigenvalue weighted by atomic mass is 9.96. The molecular weight excluding hydrogens is 250 g/mol. The van der Waals surface area contributed by atoms with Crippen LogP contribution in [0.2, 0.25) is 0 Å². The van der Waals surface area contributed by atoms with Crippen LogP contribution >= 0.6 is 0 Å². The third kappa shape index (κ3) is 3.26. The number of rotatable bonds is 3. The predicted octanol–water partition coefficient (Wildman–Crippen LogP) is 3.92. The van der Waals surface area contributed by atoms with E-state index in [9.17, 15) is 0 Å². The van der Waals surface area contributed by atoms with E-state index in [1.165, 1.54) is 0 Å². The maximum atomic E-state index is 5.90. The number of hydrogen-bond acceptors (Lipinski definition) is 4. The number of nitrogens with zero attached hydrogens (tertiary/aromatic N) is 2. The molecule has 0 saturated carbocycles. The summed E-state index contributed by atoms with van der Waals surface area (Å²) < 4.78 is 5.90. The Labute approximate surface area is 120 Å². The van der Waals surface area contributed by atoms with Gasteiger partial charge in [-0.25, -0.2) is 4.98 Å². The van der Waals surface area contributed by atoms with Crippen LogP contribution in [-0.2, 0) is 5.41 Å². The summed E-state index contributed by atoms with van der Waals surface area (Å²) in [6, 6.07) is 9.70. The Morgan fingerprint density at radius 3 is 2.40 bits per heavy atom. The molecule has 1 aromatic heterocycles. The fraction of sp³-hybridized carbons (Fsp3) is 0.375. The fourth-order valence-electron chi connectivity index (χ4n) is 1.72. The van der Waals surface area contributed by atoms with E-state index in [4.69, 9.17) is 4.74 Å². The molecular formula is C16H21N3O. The summed E-state index contributed by atoms with van der Waals surface area (Å²) in [6.07, 6.45) is 0. The molecule has 2 rings (SSSR count). The van der Waals surface area contributed by atoms with Crippen molar-refractivity contribution in [1.29, 1.82) is 0 Å². The highest BCUT2D eigenvalue weighted by Gasteiger charge is 2.19. The van der Waals surface area contributed by atoms with E-state index in [0.717, 1.165) is 23.0 Å². The van der Waals surface area contributed by atoms with Gasteiger partial charge in [0.15, 0.2) is 0 Å². The number of benzene rings is 1. The van der Waals surface area contributed by atoms with Gasteiger partial charge in [0.1, 0.15) is 17.4 Å². The smallest absolute Gasteiger partial charge is 0.224 e. The lowest BCUT2D eigenvalue weighted by molar-refractivity contribution is 0.444. The first kappa shape index (κ1) is 14.3. The Morgan fingerprint density at radius 2 is 1.80 bits per heavy atom. The zero-order valence-electron chi connectivity index (χ0n) is 12.7. The number of ether oxygens (including phenoxy) is 1. The summed E-state index contributed by atoms with van der Waals surface area (Å²) >= 11 is 0. The number of nitrogens with one attached hydrogen (secondary N) is 1. The van der Waals surface area contributed by atoms with Crippen molar-refractivity contribution in [3.63, 3.8) is 0 Å². The van der Waals surface area contributed by atoms with Crippen LogP contribution in [0.5, 0.6) is 11.6 Å². The van der Waals surface area contributed by atoms with E-state index in [1.54, 1.807) is 0 Å². The first-order chi connectivity index (χ1) is 9.40. The molecule has 20 heavy (non-hydrogen) atoms. The average Bonchev–Trinajstić information content (AvgIpc) is 2.40. The quantitative estimate of drug-likeness (QED) is 0.919. The van der Waals surface area contributed by atoms with Gasteiger partial charge in [-0.05, 0) is 18.6 Å². The maximum Gasteiger partial charge on any atom is 0.224 e. The highest BCUT2D eigenvalue weighted by atomic mass is 16.5. The molecule has 106 valence electrons. The zero-order valence-corrected chi connectivity index (χ0v) is 12.7. The molecule has 1 N–H and O–H groups in total. The number of para-hydroxylation sites is 1. The van der Waals surface area contributed by atoms with Crippen LogP contribution in [0, 0.1) is 6.92 Å². The van der Waals surface area contributed by atoms with Gasteiger partial charge in [0.2, 0.25) is 5.88 Å². The monoisotopic (exact) mass is 271 g/mol. The molecule has 0 amide bonds. The van der Waals surface area contributed by atoms with E-state index in [-0.39, 0.29) is 5.41 Å². The van der Waals surface area contributed by atoms with Gasteiger partial charge >= 0.3 is 0 Å². The SMILES string of the molecule is CNc1cc(Oc2ccccc2C)nc(C(C)(C)C)n1. The van der Waals surface area contributed by atoms with Crippen LogP contribution in [0.4, 0.5) is 5.82 Å². The summed E-state index contributed by atoms with van der Waals surface area (Å²) in [5, 5.41) is 3.05. The second kappa shape index (κ2) is 5.49. The minimum Gasteiger partial charge on any atom is -0.439 e. The van der Waals surface area contributed by atoms with Crippen molar-refractivity contribution in [2.45, 2.75) is 33.1 Å². The van der Waals surface area contributed by atoms with E-state index >= 15 is 0 Å². The molecule has 0 aliphatic carbocycles. The molecule has 0 spiro atoms. The van der Waals surface area contributed by atoms with Crippen LogP contribution in [0.3, 0.4) is 0 Å². The molecule has 0 saturated heterocycles. The molecule has 0 fully saturated rings. The molecule has 0 atom stereocenters. The second-order valence-corrected chi connectivity index (χ2v) is 5.78. The summed E-state index contributed by atoms with van der Waals surface area (Å²) in [6.45, 7) is 8.26. The molecule has 2 aromatic rings. The van der Waals surface area contributed by atoms with Crippen LogP contribution in [-0.4, -0.2) is 17.0 Å². The Balaban J connectivity index is 2.39. The standard InChI is InChI=1S/C16H21N3O/c1-11-8-6-7-9-12(11)20-14-10-13(17-5)18-15(19-14)16(2,3)4/h6-10H,1-5H3,(H,17,18,19). The van der Waals surface area contributed by atoms with E-state index in [0.29, 0.717) is 5.88 Å². The number of aryl methyl sites for hydroxylation is 1. The van der Waals surface area contributed by atoms with Crippen LogP contribution in [0.15, 0.2) is 30.3 Å². The van der Waals surface area contributed by atoms with Crippen molar-refractivity contribution >= 4 is 5.82 Å². The van der Waals surface area contributed by atoms with Crippen molar-refractivity contribution in [2.24, 2.45) is 0 Å².